The van der Waals surface area contributed by atoms with Crippen molar-refractivity contribution in [3.05, 3.63) is 71.3 Å². The van der Waals surface area contributed by atoms with E-state index in [1.165, 1.54) is 5.56 Å². The quantitative estimate of drug-likeness (QED) is 0.614. The smallest absolute Gasteiger partial charge is 0.160 e. The van der Waals surface area contributed by atoms with Crippen molar-refractivity contribution in [1.82, 2.24) is 0 Å². The van der Waals surface area contributed by atoms with Gasteiger partial charge in [-0.15, -0.1) is 5.54 Å². The molecule has 1 aliphatic carbocycles. The van der Waals surface area contributed by atoms with E-state index in [1.807, 2.05) is 36.4 Å². The molecule has 1 nitrogen and oxygen atoms in total. The SMILES string of the molecule is C[C@@]1(c2ccccc2)Cc2ccccc2[C@@]1(O)C#C[Si](C)(C)C. The van der Waals surface area contributed by atoms with Gasteiger partial charge in [-0.1, -0.05) is 87.1 Å². The van der Waals surface area contributed by atoms with Crippen LogP contribution in [0.25, 0.3) is 0 Å². The summed E-state index contributed by atoms with van der Waals surface area (Å²) >= 11 is 0. The van der Waals surface area contributed by atoms with Crippen LogP contribution in [0.3, 0.4) is 0 Å². The predicted octanol–water partition coefficient (Wildman–Crippen LogP) is 4.27. The van der Waals surface area contributed by atoms with Crippen molar-refractivity contribution in [3.63, 3.8) is 0 Å². The number of fused-ring (bicyclic) bond motifs is 1. The molecule has 0 aliphatic heterocycles. The molecule has 2 atom stereocenters. The number of hydrogen-bond donors (Lipinski definition) is 1. The van der Waals surface area contributed by atoms with Gasteiger partial charge in [0.1, 0.15) is 8.07 Å². The van der Waals surface area contributed by atoms with E-state index in [9.17, 15) is 5.11 Å². The Bertz CT molecular complexity index is 779. The van der Waals surface area contributed by atoms with Crippen LogP contribution in [-0.4, -0.2) is 13.2 Å². The summed E-state index contributed by atoms with van der Waals surface area (Å²) in [6.45, 7) is 8.78. The average molecular weight is 321 g/mol. The van der Waals surface area contributed by atoms with Crippen LogP contribution in [0.4, 0.5) is 0 Å². The number of rotatable bonds is 1. The van der Waals surface area contributed by atoms with Gasteiger partial charge in [-0.3, -0.25) is 0 Å². The molecule has 2 heteroatoms. The van der Waals surface area contributed by atoms with Crippen LogP contribution in [0.1, 0.15) is 23.6 Å². The molecular weight excluding hydrogens is 296 g/mol. The standard InChI is InChI=1S/C21H24OSi/c1-20(18-11-6-5-7-12-18)16-17-10-8-9-13-19(17)21(20,22)14-15-23(2,3)4/h5-13,22H,16H2,1-4H3/t20-,21-/m0/s1. The van der Waals surface area contributed by atoms with Crippen molar-refractivity contribution < 1.29 is 5.11 Å². The second-order valence-electron chi connectivity index (χ2n) is 7.74. The summed E-state index contributed by atoms with van der Waals surface area (Å²) in [5.74, 6) is 3.31. The molecule has 0 radical (unpaired) electrons. The highest BCUT2D eigenvalue weighted by Gasteiger charge is 2.54. The molecular formula is C21H24OSi. The van der Waals surface area contributed by atoms with Crippen LogP contribution in [0.2, 0.25) is 19.6 Å². The monoisotopic (exact) mass is 320 g/mol. The molecule has 3 rings (SSSR count). The van der Waals surface area contributed by atoms with Gasteiger partial charge >= 0.3 is 0 Å². The van der Waals surface area contributed by atoms with Gasteiger partial charge in [-0.05, 0) is 23.1 Å². The van der Waals surface area contributed by atoms with Gasteiger partial charge in [0.15, 0.2) is 5.60 Å². The van der Waals surface area contributed by atoms with E-state index in [2.05, 4.69) is 56.2 Å². The van der Waals surface area contributed by atoms with Crippen molar-refractivity contribution in [2.45, 2.75) is 44.0 Å². The summed E-state index contributed by atoms with van der Waals surface area (Å²) in [5, 5.41) is 11.7. The Balaban J connectivity index is 2.23. The lowest BCUT2D eigenvalue weighted by Crippen LogP contribution is -2.43. The zero-order chi connectivity index (χ0) is 16.7. The predicted molar refractivity (Wildman–Crippen MR) is 99.0 cm³/mol. The summed E-state index contributed by atoms with van der Waals surface area (Å²) in [6.07, 6.45) is 0.810. The van der Waals surface area contributed by atoms with Crippen molar-refractivity contribution in [2.24, 2.45) is 0 Å². The Morgan fingerprint density at radius 3 is 2.22 bits per heavy atom. The van der Waals surface area contributed by atoms with Crippen molar-refractivity contribution in [1.29, 1.82) is 0 Å². The van der Waals surface area contributed by atoms with Crippen LogP contribution in [0.15, 0.2) is 54.6 Å². The second kappa shape index (κ2) is 5.37. The highest BCUT2D eigenvalue weighted by molar-refractivity contribution is 6.83. The lowest BCUT2D eigenvalue weighted by Gasteiger charge is -2.37. The molecule has 23 heavy (non-hydrogen) atoms. The maximum absolute atomic E-state index is 11.7. The third-order valence-corrected chi connectivity index (χ3v) is 5.65. The number of aliphatic hydroxyl groups is 1. The first kappa shape index (κ1) is 16.0. The van der Waals surface area contributed by atoms with Gasteiger partial charge in [0.25, 0.3) is 0 Å². The largest absolute Gasteiger partial charge is 0.372 e. The fourth-order valence-corrected chi connectivity index (χ4v) is 3.99. The van der Waals surface area contributed by atoms with Crippen molar-refractivity contribution in [3.8, 4) is 11.5 Å². The normalized spacial score (nSPS) is 26.3. The van der Waals surface area contributed by atoms with Crippen molar-refractivity contribution in [2.75, 3.05) is 0 Å². The summed E-state index contributed by atoms with van der Waals surface area (Å²) < 4.78 is 0. The molecule has 0 heterocycles. The third-order valence-electron chi connectivity index (χ3n) is 4.78. The molecule has 2 aromatic rings. The molecule has 0 unspecified atom stereocenters. The molecule has 0 saturated carbocycles. The van der Waals surface area contributed by atoms with Gasteiger partial charge < -0.3 is 5.11 Å². The maximum Gasteiger partial charge on any atom is 0.160 e. The zero-order valence-electron chi connectivity index (χ0n) is 14.4. The topological polar surface area (TPSA) is 20.2 Å². The Morgan fingerprint density at radius 2 is 1.57 bits per heavy atom. The average Bonchev–Trinajstić information content (AvgIpc) is 2.76. The summed E-state index contributed by atoms with van der Waals surface area (Å²) in [6, 6.07) is 18.5. The van der Waals surface area contributed by atoms with Gasteiger partial charge in [0.05, 0.1) is 0 Å². The molecule has 0 spiro atoms. The third kappa shape index (κ3) is 2.65. The van der Waals surface area contributed by atoms with E-state index in [4.69, 9.17) is 0 Å². The zero-order valence-corrected chi connectivity index (χ0v) is 15.4. The van der Waals surface area contributed by atoms with Crippen LogP contribution in [0, 0.1) is 11.5 Å². The minimum absolute atomic E-state index is 0.426. The highest BCUT2D eigenvalue weighted by Crippen LogP contribution is 2.51. The van der Waals surface area contributed by atoms with Gasteiger partial charge in [0.2, 0.25) is 0 Å². The maximum atomic E-state index is 11.7. The molecule has 2 aromatic carbocycles. The molecule has 0 aromatic heterocycles. The van der Waals surface area contributed by atoms with Crippen LogP contribution >= 0.6 is 0 Å². The van der Waals surface area contributed by atoms with E-state index in [1.54, 1.807) is 0 Å². The molecule has 1 aliphatic rings. The molecule has 0 fully saturated rings. The summed E-state index contributed by atoms with van der Waals surface area (Å²) in [7, 11) is -1.58. The molecule has 118 valence electrons. The molecule has 0 saturated heterocycles. The minimum Gasteiger partial charge on any atom is -0.372 e. The number of benzene rings is 2. The van der Waals surface area contributed by atoms with Crippen molar-refractivity contribution >= 4 is 8.07 Å². The van der Waals surface area contributed by atoms with E-state index >= 15 is 0 Å². The lowest BCUT2D eigenvalue weighted by molar-refractivity contribution is 0.0318. The van der Waals surface area contributed by atoms with E-state index < -0.39 is 19.1 Å². The van der Waals surface area contributed by atoms with E-state index in [0.29, 0.717) is 0 Å². The Morgan fingerprint density at radius 1 is 0.957 bits per heavy atom. The van der Waals surface area contributed by atoms with Crippen LogP contribution < -0.4 is 0 Å². The van der Waals surface area contributed by atoms with Gasteiger partial charge in [-0.2, -0.15) is 0 Å². The number of hydrogen-bond acceptors (Lipinski definition) is 1. The molecule has 0 bridgehead atoms. The summed E-state index contributed by atoms with van der Waals surface area (Å²) in [5.41, 5.74) is 5.16. The highest BCUT2D eigenvalue weighted by atomic mass is 28.3. The molecule has 0 amide bonds. The fourth-order valence-electron chi connectivity index (χ4n) is 3.43. The summed E-state index contributed by atoms with van der Waals surface area (Å²) in [4.78, 5) is 0. The molecule has 1 N–H and O–H groups in total. The van der Waals surface area contributed by atoms with Gasteiger partial charge in [0, 0.05) is 5.41 Å². The Labute approximate surface area is 140 Å². The first-order chi connectivity index (χ1) is 10.8. The van der Waals surface area contributed by atoms with Gasteiger partial charge in [-0.25, -0.2) is 0 Å². The first-order valence-electron chi connectivity index (χ1n) is 8.17. The second-order valence-corrected chi connectivity index (χ2v) is 12.5. The van der Waals surface area contributed by atoms with Crippen LogP contribution in [-0.2, 0) is 17.4 Å². The van der Waals surface area contributed by atoms with Crippen LogP contribution in [0.5, 0.6) is 0 Å². The Kier molecular flexibility index (Phi) is 3.75. The van der Waals surface area contributed by atoms with E-state index in [0.717, 1.165) is 17.5 Å². The minimum atomic E-state index is -1.58. The van der Waals surface area contributed by atoms with E-state index in [-0.39, 0.29) is 0 Å². The first-order valence-corrected chi connectivity index (χ1v) is 11.7. The lowest BCUT2D eigenvalue weighted by atomic mass is 9.69. The Hall–Kier alpha value is -1.82. The fraction of sp³-hybridized carbons (Fsp3) is 0.333.